The molecule has 3 nitrogen and oxygen atoms in total. The molecule has 0 spiro atoms. The van der Waals surface area contributed by atoms with Crippen molar-refractivity contribution in [2.45, 2.75) is 13.5 Å². The van der Waals surface area contributed by atoms with E-state index in [0.717, 1.165) is 9.26 Å². The maximum atomic E-state index is 12.0. The number of hydrogen-bond donors (Lipinski definition) is 0. The van der Waals surface area contributed by atoms with E-state index in [1.165, 1.54) is 12.1 Å². The van der Waals surface area contributed by atoms with Crippen LogP contribution in [0.1, 0.15) is 5.69 Å². The van der Waals surface area contributed by atoms with Crippen LogP contribution >= 0.6 is 34.2 Å². The van der Waals surface area contributed by atoms with E-state index in [2.05, 4.69) is 37.3 Å². The lowest BCUT2D eigenvalue weighted by Crippen LogP contribution is -2.01. The topological polar surface area (TPSA) is 35.0 Å². The van der Waals surface area contributed by atoms with E-state index in [9.17, 15) is 8.78 Å². The summed E-state index contributed by atoms with van der Waals surface area (Å²) in [7, 11) is 0. The van der Waals surface area contributed by atoms with Gasteiger partial charge in [0.05, 0.1) is 9.26 Å². The van der Waals surface area contributed by atoms with Gasteiger partial charge >= 0.3 is 6.61 Å². The Kier molecular flexibility index (Phi) is 4.51. The predicted molar refractivity (Wildman–Crippen MR) is 76.6 cm³/mol. The van der Waals surface area contributed by atoms with E-state index in [1.54, 1.807) is 12.1 Å². The standard InChI is InChI=1S/C12H8ClF2IN2O/c1-6-9(16)10(13)18-11(17-6)7-2-4-8(5-3-7)19-12(14)15/h2-5,12H,1H3. The Labute approximate surface area is 127 Å². The molecule has 0 unspecified atom stereocenters. The highest BCUT2D eigenvalue weighted by atomic mass is 127. The van der Waals surface area contributed by atoms with Crippen molar-refractivity contribution in [1.82, 2.24) is 9.97 Å². The molecule has 1 aromatic heterocycles. The van der Waals surface area contributed by atoms with Crippen molar-refractivity contribution < 1.29 is 13.5 Å². The normalized spacial score (nSPS) is 10.8. The van der Waals surface area contributed by atoms with Gasteiger partial charge in [-0.3, -0.25) is 0 Å². The van der Waals surface area contributed by atoms with Crippen molar-refractivity contribution >= 4 is 34.2 Å². The van der Waals surface area contributed by atoms with Crippen LogP contribution in [0.4, 0.5) is 8.78 Å². The van der Waals surface area contributed by atoms with Gasteiger partial charge in [-0.1, -0.05) is 11.6 Å². The maximum absolute atomic E-state index is 12.0. The van der Waals surface area contributed by atoms with Gasteiger partial charge in [-0.2, -0.15) is 8.78 Å². The summed E-state index contributed by atoms with van der Waals surface area (Å²) in [6.07, 6.45) is 0. The van der Waals surface area contributed by atoms with E-state index in [4.69, 9.17) is 11.6 Å². The van der Waals surface area contributed by atoms with Crippen LogP contribution in [0.3, 0.4) is 0 Å². The van der Waals surface area contributed by atoms with Crippen molar-refractivity contribution in [1.29, 1.82) is 0 Å². The summed E-state index contributed by atoms with van der Waals surface area (Å²) < 4.78 is 29.1. The first-order valence-corrected chi connectivity index (χ1v) is 6.68. The molecule has 1 aromatic carbocycles. The summed E-state index contributed by atoms with van der Waals surface area (Å²) >= 11 is 8.05. The molecule has 0 radical (unpaired) electrons. The number of ether oxygens (including phenoxy) is 1. The quantitative estimate of drug-likeness (QED) is 0.573. The molecule has 0 aliphatic rings. The summed E-state index contributed by atoms with van der Waals surface area (Å²) in [4.78, 5) is 8.45. The number of benzene rings is 1. The van der Waals surface area contributed by atoms with Crippen LogP contribution in [0.15, 0.2) is 24.3 Å². The van der Waals surface area contributed by atoms with E-state index >= 15 is 0 Å². The van der Waals surface area contributed by atoms with Crippen LogP contribution in [0.5, 0.6) is 5.75 Å². The van der Waals surface area contributed by atoms with Gasteiger partial charge in [-0.05, 0) is 53.8 Å². The SMILES string of the molecule is Cc1nc(-c2ccc(OC(F)F)cc2)nc(Cl)c1I. The monoisotopic (exact) mass is 396 g/mol. The van der Waals surface area contributed by atoms with E-state index < -0.39 is 6.61 Å². The third kappa shape index (κ3) is 3.50. The fraction of sp³-hybridized carbons (Fsp3) is 0.167. The predicted octanol–water partition coefficient (Wildman–Crippen LogP) is 4.31. The molecule has 0 bridgehead atoms. The Bertz CT molecular complexity index is 570. The summed E-state index contributed by atoms with van der Waals surface area (Å²) in [5.74, 6) is 0.540. The fourth-order valence-electron chi connectivity index (χ4n) is 1.44. The van der Waals surface area contributed by atoms with Gasteiger partial charge in [0.15, 0.2) is 5.82 Å². The average molecular weight is 397 g/mol. The van der Waals surface area contributed by atoms with Gasteiger partial charge in [-0.15, -0.1) is 0 Å². The molecule has 19 heavy (non-hydrogen) atoms. The van der Waals surface area contributed by atoms with Gasteiger partial charge < -0.3 is 4.74 Å². The van der Waals surface area contributed by atoms with Crippen molar-refractivity contribution in [3.63, 3.8) is 0 Å². The van der Waals surface area contributed by atoms with Crippen LogP contribution < -0.4 is 4.74 Å². The summed E-state index contributed by atoms with van der Waals surface area (Å²) in [6.45, 7) is -1.01. The molecule has 100 valence electrons. The number of nitrogens with zero attached hydrogens (tertiary/aromatic N) is 2. The van der Waals surface area contributed by atoms with Gasteiger partial charge in [0.2, 0.25) is 0 Å². The second-order valence-corrected chi connectivity index (χ2v) is 5.08. The summed E-state index contributed by atoms with van der Waals surface area (Å²) in [5.41, 5.74) is 1.45. The van der Waals surface area contributed by atoms with Crippen molar-refractivity contribution in [2.24, 2.45) is 0 Å². The van der Waals surface area contributed by atoms with Crippen LogP contribution in [0.2, 0.25) is 5.15 Å². The lowest BCUT2D eigenvalue weighted by atomic mass is 10.2. The van der Waals surface area contributed by atoms with Crippen LogP contribution in [0.25, 0.3) is 11.4 Å². The number of alkyl halides is 2. The largest absolute Gasteiger partial charge is 0.435 e. The molecule has 0 N–H and O–H groups in total. The highest BCUT2D eigenvalue weighted by Gasteiger charge is 2.10. The van der Waals surface area contributed by atoms with Crippen molar-refractivity contribution in [3.8, 4) is 17.1 Å². The Hall–Kier alpha value is -1.02. The Morgan fingerprint density at radius 2 is 1.84 bits per heavy atom. The molecule has 0 fully saturated rings. The number of rotatable bonds is 3. The Balaban J connectivity index is 2.32. The third-order valence-corrected chi connectivity index (χ3v) is 4.20. The summed E-state index contributed by atoms with van der Waals surface area (Å²) in [5, 5.41) is 0.371. The third-order valence-electron chi connectivity index (χ3n) is 2.31. The molecular weight excluding hydrogens is 388 g/mol. The molecule has 2 aromatic rings. The molecule has 2 rings (SSSR count). The zero-order valence-corrected chi connectivity index (χ0v) is 12.6. The second kappa shape index (κ2) is 5.96. The van der Waals surface area contributed by atoms with Gasteiger partial charge in [-0.25, -0.2) is 9.97 Å². The molecule has 0 saturated heterocycles. The first-order valence-electron chi connectivity index (χ1n) is 5.22. The minimum absolute atomic E-state index is 0.0899. The summed E-state index contributed by atoms with van der Waals surface area (Å²) in [6, 6.07) is 6.09. The molecule has 7 heteroatoms. The smallest absolute Gasteiger partial charge is 0.387 e. The minimum Gasteiger partial charge on any atom is -0.435 e. The van der Waals surface area contributed by atoms with Crippen LogP contribution in [-0.4, -0.2) is 16.6 Å². The Morgan fingerprint density at radius 1 is 1.21 bits per heavy atom. The van der Waals surface area contributed by atoms with Crippen LogP contribution in [-0.2, 0) is 0 Å². The van der Waals surface area contributed by atoms with E-state index in [0.29, 0.717) is 16.5 Å². The molecule has 1 heterocycles. The average Bonchev–Trinajstić information content (AvgIpc) is 2.35. The molecule has 0 aliphatic heterocycles. The fourth-order valence-corrected chi connectivity index (χ4v) is 1.90. The number of halogens is 4. The number of aryl methyl sites for hydroxylation is 1. The zero-order valence-electron chi connectivity index (χ0n) is 9.70. The molecule has 0 saturated carbocycles. The first-order chi connectivity index (χ1) is 8.97. The number of aromatic nitrogens is 2. The molecule has 0 aliphatic carbocycles. The lowest BCUT2D eigenvalue weighted by molar-refractivity contribution is -0.0498. The van der Waals surface area contributed by atoms with Gasteiger partial charge in [0.25, 0.3) is 0 Å². The van der Waals surface area contributed by atoms with E-state index in [-0.39, 0.29) is 5.75 Å². The molecule has 0 amide bonds. The van der Waals surface area contributed by atoms with Crippen molar-refractivity contribution in [3.05, 3.63) is 38.7 Å². The molecule has 0 atom stereocenters. The van der Waals surface area contributed by atoms with Crippen molar-refractivity contribution in [2.75, 3.05) is 0 Å². The highest BCUT2D eigenvalue weighted by Crippen LogP contribution is 2.25. The minimum atomic E-state index is -2.84. The lowest BCUT2D eigenvalue weighted by Gasteiger charge is -2.07. The maximum Gasteiger partial charge on any atom is 0.387 e. The highest BCUT2D eigenvalue weighted by molar-refractivity contribution is 14.1. The number of hydrogen-bond acceptors (Lipinski definition) is 3. The van der Waals surface area contributed by atoms with E-state index in [1.807, 2.05) is 6.92 Å². The van der Waals surface area contributed by atoms with Gasteiger partial charge in [0, 0.05) is 5.56 Å². The second-order valence-electron chi connectivity index (χ2n) is 3.64. The van der Waals surface area contributed by atoms with Crippen LogP contribution in [0, 0.1) is 10.5 Å². The Morgan fingerprint density at radius 3 is 2.37 bits per heavy atom. The first kappa shape index (κ1) is 14.4. The molecular formula is C12H8ClF2IN2O. The van der Waals surface area contributed by atoms with Gasteiger partial charge in [0.1, 0.15) is 10.9 Å². The zero-order chi connectivity index (χ0) is 14.0.